The highest BCUT2D eigenvalue weighted by Crippen LogP contribution is 2.31. The third-order valence-corrected chi connectivity index (χ3v) is 9.14. The van der Waals surface area contributed by atoms with Crippen LogP contribution in [0.5, 0.6) is 11.5 Å². The van der Waals surface area contributed by atoms with Gasteiger partial charge in [0.1, 0.15) is 17.3 Å². The third kappa shape index (κ3) is 8.38. The van der Waals surface area contributed by atoms with E-state index in [0.717, 1.165) is 54.7 Å². The van der Waals surface area contributed by atoms with E-state index in [2.05, 4.69) is 28.1 Å². The highest BCUT2D eigenvalue weighted by atomic mass is 19.1. The molecule has 0 spiro atoms. The number of nitriles is 1. The standard InChI is InChI=1S/C39H41FN4O4/c1-26-5-4-6-27(2)37(26)38(45)42-20-17-28(3)43-21-18-33(19-22-43)44(25-31-23-29(24-41)7-16-36(31)40)32-10-14-35(15-11-32)48-34-12-8-30(9-13-34)39(46)47/h4-16,23,28,33H,17-22,25H2,1-3H3,(H,42,45)(H,46,47). The van der Waals surface area contributed by atoms with Gasteiger partial charge < -0.3 is 25.0 Å². The van der Waals surface area contributed by atoms with Gasteiger partial charge in [-0.25, -0.2) is 9.18 Å². The van der Waals surface area contributed by atoms with E-state index in [-0.39, 0.29) is 29.4 Å². The van der Waals surface area contributed by atoms with Crippen molar-refractivity contribution >= 4 is 17.6 Å². The number of amides is 1. The number of hydrogen-bond donors (Lipinski definition) is 2. The molecule has 0 radical (unpaired) electrons. The molecule has 1 amide bonds. The van der Waals surface area contributed by atoms with Crippen molar-refractivity contribution in [1.82, 2.24) is 10.2 Å². The molecule has 9 heteroatoms. The number of piperidine rings is 1. The summed E-state index contributed by atoms with van der Waals surface area (Å²) in [6, 6.07) is 26.7. The van der Waals surface area contributed by atoms with E-state index in [0.29, 0.717) is 35.7 Å². The van der Waals surface area contributed by atoms with Crippen molar-refractivity contribution in [2.45, 2.75) is 58.7 Å². The van der Waals surface area contributed by atoms with Gasteiger partial charge in [0.15, 0.2) is 0 Å². The van der Waals surface area contributed by atoms with Crippen molar-refractivity contribution in [3.05, 3.63) is 124 Å². The zero-order valence-electron chi connectivity index (χ0n) is 27.6. The minimum Gasteiger partial charge on any atom is -0.478 e. The lowest BCUT2D eigenvalue weighted by Crippen LogP contribution is -2.48. The van der Waals surface area contributed by atoms with Crippen LogP contribution < -0.4 is 15.0 Å². The molecular formula is C39H41FN4O4. The van der Waals surface area contributed by atoms with Gasteiger partial charge in [0.25, 0.3) is 5.91 Å². The number of nitrogens with zero attached hydrogens (tertiary/aromatic N) is 3. The predicted molar refractivity (Wildman–Crippen MR) is 184 cm³/mol. The molecule has 1 saturated heterocycles. The lowest BCUT2D eigenvalue weighted by Gasteiger charge is -2.42. The normalized spacial score (nSPS) is 14.1. The average Bonchev–Trinajstić information content (AvgIpc) is 3.08. The van der Waals surface area contributed by atoms with Crippen LogP contribution in [0.25, 0.3) is 0 Å². The maximum atomic E-state index is 15.0. The first-order valence-electron chi connectivity index (χ1n) is 16.3. The van der Waals surface area contributed by atoms with Crippen molar-refractivity contribution in [1.29, 1.82) is 5.26 Å². The Kier molecular flexibility index (Phi) is 11.1. The number of carboxylic acids is 1. The summed E-state index contributed by atoms with van der Waals surface area (Å²) in [5.41, 5.74) is 4.66. The van der Waals surface area contributed by atoms with Gasteiger partial charge >= 0.3 is 5.97 Å². The van der Waals surface area contributed by atoms with Crippen LogP contribution >= 0.6 is 0 Å². The summed E-state index contributed by atoms with van der Waals surface area (Å²) in [6.45, 7) is 8.73. The van der Waals surface area contributed by atoms with E-state index in [1.54, 1.807) is 18.2 Å². The number of aromatic carboxylic acids is 1. The van der Waals surface area contributed by atoms with Gasteiger partial charge in [-0.05, 0) is 118 Å². The van der Waals surface area contributed by atoms with Crippen LogP contribution in [0.4, 0.5) is 10.1 Å². The molecule has 1 aliphatic heterocycles. The molecule has 0 aliphatic carbocycles. The van der Waals surface area contributed by atoms with Crippen LogP contribution in [0.3, 0.4) is 0 Å². The van der Waals surface area contributed by atoms with Gasteiger partial charge in [0, 0.05) is 55.1 Å². The molecule has 1 unspecified atom stereocenters. The number of aryl methyl sites for hydroxylation is 2. The number of ether oxygens (including phenoxy) is 1. The van der Waals surface area contributed by atoms with Crippen LogP contribution in [-0.2, 0) is 6.54 Å². The van der Waals surface area contributed by atoms with E-state index >= 15 is 0 Å². The molecule has 1 atom stereocenters. The fourth-order valence-corrected chi connectivity index (χ4v) is 6.36. The lowest BCUT2D eigenvalue weighted by atomic mass is 9.98. The van der Waals surface area contributed by atoms with Gasteiger partial charge in [0.05, 0.1) is 17.2 Å². The first kappa shape index (κ1) is 34.1. The van der Waals surface area contributed by atoms with Crippen LogP contribution in [0, 0.1) is 31.0 Å². The van der Waals surface area contributed by atoms with E-state index < -0.39 is 5.97 Å². The number of carbonyl (C=O) groups excluding carboxylic acids is 1. The quantitative estimate of drug-likeness (QED) is 0.164. The molecule has 2 N–H and O–H groups in total. The molecule has 248 valence electrons. The Morgan fingerprint density at radius 3 is 2.23 bits per heavy atom. The van der Waals surface area contributed by atoms with Gasteiger partial charge in [-0.1, -0.05) is 18.2 Å². The number of anilines is 1. The number of hydrogen-bond acceptors (Lipinski definition) is 6. The number of carboxylic acid groups (broad SMARTS) is 1. The number of halogens is 1. The van der Waals surface area contributed by atoms with E-state index in [9.17, 15) is 19.2 Å². The van der Waals surface area contributed by atoms with E-state index in [1.807, 2.05) is 56.3 Å². The lowest BCUT2D eigenvalue weighted by molar-refractivity contribution is 0.0696. The molecule has 4 aromatic rings. The minimum absolute atomic E-state index is 0.0349. The summed E-state index contributed by atoms with van der Waals surface area (Å²) in [5, 5.41) is 21.7. The summed E-state index contributed by atoms with van der Waals surface area (Å²) in [4.78, 5) is 28.7. The van der Waals surface area contributed by atoms with Crippen LogP contribution in [0.1, 0.15) is 69.2 Å². The van der Waals surface area contributed by atoms with Crippen molar-refractivity contribution in [3.63, 3.8) is 0 Å². The number of nitrogens with one attached hydrogen (secondary N) is 1. The van der Waals surface area contributed by atoms with Crippen molar-refractivity contribution in [3.8, 4) is 17.6 Å². The maximum absolute atomic E-state index is 15.0. The molecule has 0 saturated carbocycles. The Morgan fingerprint density at radius 2 is 1.62 bits per heavy atom. The van der Waals surface area contributed by atoms with E-state index in [1.165, 1.54) is 24.3 Å². The Labute approximate surface area is 281 Å². The summed E-state index contributed by atoms with van der Waals surface area (Å²) >= 11 is 0. The second kappa shape index (κ2) is 15.6. The van der Waals surface area contributed by atoms with Crippen LogP contribution in [0.15, 0.2) is 84.9 Å². The smallest absolute Gasteiger partial charge is 0.335 e. The average molecular weight is 649 g/mol. The molecule has 5 rings (SSSR count). The highest BCUT2D eigenvalue weighted by molar-refractivity contribution is 5.97. The SMILES string of the molecule is Cc1cccc(C)c1C(=O)NCCC(C)N1CCC(N(Cc2cc(C#N)ccc2F)c2ccc(Oc3ccc(C(=O)O)cc3)cc2)CC1. The van der Waals surface area contributed by atoms with Crippen molar-refractivity contribution < 1.29 is 23.8 Å². The molecule has 1 aliphatic rings. The molecule has 4 aromatic carbocycles. The first-order valence-corrected chi connectivity index (χ1v) is 16.3. The Bertz CT molecular complexity index is 1760. The summed E-state index contributed by atoms with van der Waals surface area (Å²) in [6.07, 6.45) is 2.57. The van der Waals surface area contributed by atoms with Gasteiger partial charge in [-0.3, -0.25) is 4.79 Å². The largest absolute Gasteiger partial charge is 0.478 e. The summed E-state index contributed by atoms with van der Waals surface area (Å²) < 4.78 is 20.9. The molecule has 1 fully saturated rings. The minimum atomic E-state index is -1.000. The molecular weight excluding hydrogens is 607 g/mol. The zero-order chi connectivity index (χ0) is 34.2. The van der Waals surface area contributed by atoms with Crippen molar-refractivity contribution in [2.75, 3.05) is 24.5 Å². The highest BCUT2D eigenvalue weighted by Gasteiger charge is 2.28. The summed E-state index contributed by atoms with van der Waals surface area (Å²) in [7, 11) is 0. The Balaban J connectivity index is 1.24. The molecule has 48 heavy (non-hydrogen) atoms. The third-order valence-electron chi connectivity index (χ3n) is 9.14. The second-order valence-corrected chi connectivity index (χ2v) is 12.4. The van der Waals surface area contributed by atoms with Gasteiger partial charge in [0.2, 0.25) is 0 Å². The number of benzene rings is 4. The van der Waals surface area contributed by atoms with Gasteiger partial charge in [-0.2, -0.15) is 5.26 Å². The molecule has 0 bridgehead atoms. The predicted octanol–water partition coefficient (Wildman–Crippen LogP) is 7.48. The van der Waals surface area contributed by atoms with Crippen molar-refractivity contribution in [2.24, 2.45) is 0 Å². The summed E-state index contributed by atoms with van der Waals surface area (Å²) in [5.74, 6) is -0.273. The molecule has 0 aromatic heterocycles. The molecule has 8 nitrogen and oxygen atoms in total. The fourth-order valence-electron chi connectivity index (χ4n) is 6.36. The Hall–Kier alpha value is -5.20. The number of carbonyl (C=O) groups is 2. The van der Waals surface area contributed by atoms with E-state index in [4.69, 9.17) is 9.84 Å². The maximum Gasteiger partial charge on any atom is 0.335 e. The topological polar surface area (TPSA) is 106 Å². The number of likely N-dealkylation sites (tertiary alicyclic amines) is 1. The van der Waals surface area contributed by atoms with Gasteiger partial charge in [-0.15, -0.1) is 0 Å². The Morgan fingerprint density at radius 1 is 1.00 bits per heavy atom. The first-order chi connectivity index (χ1) is 23.1. The number of rotatable bonds is 12. The van der Waals surface area contributed by atoms with Crippen LogP contribution in [-0.4, -0.2) is 53.6 Å². The zero-order valence-corrected chi connectivity index (χ0v) is 27.6. The monoisotopic (exact) mass is 648 g/mol. The fraction of sp³-hybridized carbons (Fsp3) is 0.308. The molecule has 1 heterocycles. The van der Waals surface area contributed by atoms with Crippen LogP contribution in [0.2, 0.25) is 0 Å². The second-order valence-electron chi connectivity index (χ2n) is 12.4.